The molecule has 0 aliphatic heterocycles. The minimum Gasteiger partial charge on any atom is -0.457 e. The minimum atomic E-state index is 0.744. The second-order valence-corrected chi connectivity index (χ2v) is 16.9. The van der Waals surface area contributed by atoms with Crippen molar-refractivity contribution in [2.75, 3.05) is 9.80 Å². The quantitative estimate of drug-likeness (QED) is 0.136. The fourth-order valence-corrected chi connectivity index (χ4v) is 9.52. The van der Waals surface area contributed by atoms with E-state index in [0.717, 1.165) is 123 Å². The third-order valence-electron chi connectivity index (χ3n) is 12.7. The van der Waals surface area contributed by atoms with Gasteiger partial charge in [-0.2, -0.15) is 0 Å². The highest BCUT2D eigenvalue weighted by atomic mass is 16.5. The topological polar surface area (TPSA) is 51.2 Å². The number of hydrogen-bond donors (Lipinski definition) is 0. The highest BCUT2D eigenvalue weighted by Crippen LogP contribution is 2.45. The van der Waals surface area contributed by atoms with Crippen molar-refractivity contribution < 1.29 is 18.3 Å². The maximum Gasteiger partial charge on any atom is 0.178 e. The third kappa shape index (κ3) is 6.91. The van der Waals surface area contributed by atoms with Gasteiger partial charge in [0, 0.05) is 66.4 Å². The third-order valence-corrected chi connectivity index (χ3v) is 12.7. The van der Waals surface area contributed by atoms with Crippen molar-refractivity contribution in [2.45, 2.75) is 0 Å². The van der Waals surface area contributed by atoms with E-state index in [9.17, 15) is 0 Å². The van der Waals surface area contributed by atoms with Crippen molar-refractivity contribution in [1.82, 2.24) is 0 Å². The molecule has 11 aromatic carbocycles. The summed E-state index contributed by atoms with van der Waals surface area (Å²) in [4.78, 5) is 4.53. The second kappa shape index (κ2) is 16.3. The van der Waals surface area contributed by atoms with Gasteiger partial charge in [-0.25, -0.2) is 0 Å². The lowest BCUT2D eigenvalue weighted by Crippen LogP contribution is -2.09. The van der Waals surface area contributed by atoms with Crippen LogP contribution in [0.15, 0.2) is 251 Å². The standard InChI is InChI=1S/C62H40N2O4/c1-5-13-43(14-6-1)63(45-23-29-51(30-24-45)65-49-17-9-3-10-18-49)47-27-35-53-41(39-47)21-33-55-57-37-38-58-56-34-22-42-40-48(28-36-54(42)60(56)68-62(58)61(57)67-59(53)55)64(44-15-7-2-8-16-44)46-25-31-52(32-26-46)66-50-19-11-4-12-20-50/h1-40H. The van der Waals surface area contributed by atoms with Gasteiger partial charge in [0.05, 0.1) is 0 Å². The van der Waals surface area contributed by atoms with Gasteiger partial charge in [-0.3, -0.25) is 0 Å². The van der Waals surface area contributed by atoms with Crippen LogP contribution in [0.3, 0.4) is 0 Å². The molecular formula is C62H40N2O4. The Labute approximate surface area is 391 Å². The van der Waals surface area contributed by atoms with Crippen LogP contribution >= 0.6 is 0 Å². The van der Waals surface area contributed by atoms with Crippen LogP contribution in [0.4, 0.5) is 34.1 Å². The van der Waals surface area contributed by atoms with Crippen molar-refractivity contribution in [3.63, 3.8) is 0 Å². The summed E-state index contributed by atoms with van der Waals surface area (Å²) in [5.74, 6) is 3.16. The Bertz CT molecular complexity index is 3680. The van der Waals surface area contributed by atoms with E-state index in [1.165, 1.54) is 0 Å². The first-order chi connectivity index (χ1) is 33.7. The molecule has 6 heteroatoms. The van der Waals surface area contributed by atoms with Crippen molar-refractivity contribution in [3.8, 4) is 23.0 Å². The van der Waals surface area contributed by atoms with Gasteiger partial charge in [-0.15, -0.1) is 0 Å². The molecule has 13 aromatic rings. The molecule has 0 radical (unpaired) electrons. The van der Waals surface area contributed by atoms with Crippen molar-refractivity contribution in [1.29, 1.82) is 0 Å². The SMILES string of the molecule is c1ccc(Oc2ccc(N(c3ccccc3)c3ccc4c(ccc5c6ccc7c8ccc9cc(N(c%10ccccc%10)c%10ccc(Oc%11ccccc%11)cc%10)ccc9c8oc7c6oc45)c3)cc2)cc1. The van der Waals surface area contributed by atoms with Crippen LogP contribution in [-0.4, -0.2) is 0 Å². The maximum absolute atomic E-state index is 6.91. The Morgan fingerprint density at radius 3 is 0.926 bits per heavy atom. The molecule has 0 saturated carbocycles. The first-order valence-electron chi connectivity index (χ1n) is 22.7. The summed E-state index contributed by atoms with van der Waals surface area (Å²) in [7, 11) is 0. The zero-order chi connectivity index (χ0) is 45.0. The lowest BCUT2D eigenvalue weighted by atomic mass is 10.0. The summed E-state index contributed by atoms with van der Waals surface area (Å²) in [5, 5.41) is 8.35. The van der Waals surface area contributed by atoms with Gasteiger partial charge in [0.15, 0.2) is 11.2 Å². The average molecular weight is 877 g/mol. The Morgan fingerprint density at radius 2 is 0.529 bits per heavy atom. The van der Waals surface area contributed by atoms with Gasteiger partial charge in [-0.05, 0) is 168 Å². The fraction of sp³-hybridized carbons (Fsp3) is 0. The molecule has 2 heterocycles. The Morgan fingerprint density at radius 1 is 0.235 bits per heavy atom. The summed E-state index contributed by atoms with van der Waals surface area (Å²) in [6.07, 6.45) is 0. The van der Waals surface area contributed by atoms with Crippen LogP contribution in [0.1, 0.15) is 0 Å². The summed E-state index contributed by atoms with van der Waals surface area (Å²) in [6.45, 7) is 0. The van der Waals surface area contributed by atoms with E-state index in [1.807, 2.05) is 97.1 Å². The Kier molecular flexibility index (Phi) is 9.39. The number of para-hydroxylation sites is 4. The largest absolute Gasteiger partial charge is 0.457 e. The van der Waals surface area contributed by atoms with Crippen molar-refractivity contribution >= 4 is 99.5 Å². The van der Waals surface area contributed by atoms with E-state index in [0.29, 0.717) is 0 Å². The summed E-state index contributed by atoms with van der Waals surface area (Å²) < 4.78 is 26.1. The molecule has 0 fully saturated rings. The van der Waals surface area contributed by atoms with Gasteiger partial charge in [0.1, 0.15) is 34.2 Å². The van der Waals surface area contributed by atoms with Gasteiger partial charge >= 0.3 is 0 Å². The number of hydrogen-bond acceptors (Lipinski definition) is 6. The molecule has 68 heavy (non-hydrogen) atoms. The normalized spacial score (nSPS) is 11.5. The van der Waals surface area contributed by atoms with Crippen molar-refractivity contribution in [2.24, 2.45) is 0 Å². The van der Waals surface area contributed by atoms with E-state index < -0.39 is 0 Å². The van der Waals surface area contributed by atoms with Crippen LogP contribution < -0.4 is 19.3 Å². The maximum atomic E-state index is 6.91. The fourth-order valence-electron chi connectivity index (χ4n) is 9.52. The molecule has 13 rings (SSSR count). The zero-order valence-corrected chi connectivity index (χ0v) is 36.6. The number of benzene rings is 11. The van der Waals surface area contributed by atoms with E-state index in [2.05, 4.69) is 155 Å². The van der Waals surface area contributed by atoms with Crippen molar-refractivity contribution in [3.05, 3.63) is 243 Å². The Balaban J connectivity index is 0.865. The van der Waals surface area contributed by atoms with Crippen LogP contribution in [-0.2, 0) is 0 Å². The van der Waals surface area contributed by atoms with E-state index in [-0.39, 0.29) is 0 Å². The van der Waals surface area contributed by atoms with Gasteiger partial charge < -0.3 is 28.1 Å². The molecule has 0 N–H and O–H groups in total. The highest BCUT2D eigenvalue weighted by molar-refractivity contribution is 6.24. The molecule has 0 atom stereocenters. The highest BCUT2D eigenvalue weighted by Gasteiger charge is 2.21. The van der Waals surface area contributed by atoms with E-state index >= 15 is 0 Å². The summed E-state index contributed by atoms with van der Waals surface area (Å²) >= 11 is 0. The molecule has 0 bridgehead atoms. The molecular weight excluding hydrogens is 837 g/mol. The number of rotatable bonds is 10. The number of anilines is 6. The predicted molar refractivity (Wildman–Crippen MR) is 278 cm³/mol. The van der Waals surface area contributed by atoms with Gasteiger partial charge in [0.2, 0.25) is 0 Å². The monoisotopic (exact) mass is 876 g/mol. The van der Waals surface area contributed by atoms with E-state index in [4.69, 9.17) is 18.3 Å². The lowest BCUT2D eigenvalue weighted by Gasteiger charge is -2.26. The van der Waals surface area contributed by atoms with Gasteiger partial charge in [0.25, 0.3) is 0 Å². The molecule has 0 aliphatic carbocycles. The van der Waals surface area contributed by atoms with Crippen LogP contribution in [0.5, 0.6) is 23.0 Å². The number of nitrogens with zero attached hydrogens (tertiary/aromatic N) is 2. The van der Waals surface area contributed by atoms with E-state index in [1.54, 1.807) is 0 Å². The van der Waals surface area contributed by atoms with Crippen LogP contribution in [0.2, 0.25) is 0 Å². The molecule has 6 nitrogen and oxygen atoms in total. The summed E-state index contributed by atoms with van der Waals surface area (Å²) in [5.41, 5.74) is 9.36. The zero-order valence-electron chi connectivity index (χ0n) is 36.6. The number of ether oxygens (including phenoxy) is 2. The first-order valence-corrected chi connectivity index (χ1v) is 22.7. The lowest BCUT2D eigenvalue weighted by molar-refractivity contribution is 0.482. The number of fused-ring (bicyclic) bond motifs is 11. The molecule has 0 spiro atoms. The molecule has 0 aliphatic rings. The molecule has 0 amide bonds. The molecule has 2 aromatic heterocycles. The predicted octanol–water partition coefficient (Wildman–Crippen LogP) is 18.3. The summed E-state index contributed by atoms with van der Waals surface area (Å²) in [6, 6.07) is 83.2. The average Bonchev–Trinajstić information content (AvgIpc) is 3.98. The number of furan rings is 2. The minimum absolute atomic E-state index is 0.744. The van der Waals surface area contributed by atoms with Crippen LogP contribution in [0, 0.1) is 0 Å². The van der Waals surface area contributed by atoms with Crippen LogP contribution in [0.25, 0.3) is 65.4 Å². The Hall–Kier alpha value is -9.26. The molecule has 0 saturated heterocycles. The van der Waals surface area contributed by atoms with Gasteiger partial charge in [-0.1, -0.05) is 84.9 Å². The molecule has 0 unspecified atom stereocenters. The molecule has 322 valence electrons. The smallest absolute Gasteiger partial charge is 0.178 e. The second-order valence-electron chi connectivity index (χ2n) is 16.9. The first kappa shape index (κ1) is 39.1.